The predicted molar refractivity (Wildman–Crippen MR) is 74.4 cm³/mol. The number of carbonyl (C=O) groups is 1. The maximum Gasteiger partial charge on any atom is 0.321 e. The van der Waals surface area contributed by atoms with E-state index in [1.807, 2.05) is 32.0 Å². The van der Waals surface area contributed by atoms with E-state index >= 15 is 0 Å². The zero-order chi connectivity index (χ0) is 13.5. The van der Waals surface area contributed by atoms with Crippen LogP contribution in [0.25, 0.3) is 0 Å². The molecule has 0 aromatic heterocycles. The molecular formula is C14H19N3O. The first-order valence-electron chi connectivity index (χ1n) is 5.89. The lowest BCUT2D eigenvalue weighted by Gasteiger charge is -2.15. The van der Waals surface area contributed by atoms with Gasteiger partial charge in [0, 0.05) is 24.8 Å². The molecule has 0 bridgehead atoms. The standard InChI is InChI=1S/C14H19N3O/c1-4-17(3)14(18)16-13-9-11(2)8-12(10-13)6-5-7-15/h8-10H,4,7,15H2,1-3H3,(H,16,18). The van der Waals surface area contributed by atoms with Crippen LogP contribution < -0.4 is 11.1 Å². The fourth-order valence-corrected chi connectivity index (χ4v) is 1.44. The molecule has 0 spiro atoms. The van der Waals surface area contributed by atoms with Crippen LogP contribution in [0.15, 0.2) is 18.2 Å². The van der Waals surface area contributed by atoms with Crippen LogP contribution in [0.4, 0.5) is 10.5 Å². The monoisotopic (exact) mass is 245 g/mol. The van der Waals surface area contributed by atoms with Gasteiger partial charge in [-0.1, -0.05) is 11.8 Å². The molecule has 0 unspecified atom stereocenters. The Morgan fingerprint density at radius 1 is 1.44 bits per heavy atom. The summed E-state index contributed by atoms with van der Waals surface area (Å²) in [6.07, 6.45) is 0. The Bertz CT molecular complexity index is 486. The summed E-state index contributed by atoms with van der Waals surface area (Å²) in [4.78, 5) is 13.3. The SMILES string of the molecule is CCN(C)C(=O)Nc1cc(C)cc(C#CCN)c1. The Labute approximate surface area is 108 Å². The number of nitrogens with two attached hydrogens (primary N) is 1. The summed E-state index contributed by atoms with van der Waals surface area (Å²) in [6, 6.07) is 5.59. The number of nitrogens with zero attached hydrogens (tertiary/aromatic N) is 1. The number of carbonyl (C=O) groups excluding carboxylic acids is 1. The van der Waals surface area contributed by atoms with E-state index in [1.165, 1.54) is 0 Å². The van der Waals surface area contributed by atoms with E-state index in [0.29, 0.717) is 13.1 Å². The van der Waals surface area contributed by atoms with E-state index in [2.05, 4.69) is 17.2 Å². The molecular weight excluding hydrogens is 226 g/mol. The van der Waals surface area contributed by atoms with E-state index in [-0.39, 0.29) is 6.03 Å². The minimum atomic E-state index is -0.124. The lowest BCUT2D eigenvalue weighted by atomic mass is 10.1. The van der Waals surface area contributed by atoms with Crippen molar-refractivity contribution < 1.29 is 4.79 Å². The number of rotatable bonds is 2. The molecule has 4 heteroatoms. The summed E-state index contributed by atoms with van der Waals surface area (Å²) in [7, 11) is 1.75. The molecule has 0 radical (unpaired) electrons. The zero-order valence-electron chi connectivity index (χ0n) is 11.1. The number of aryl methyl sites for hydroxylation is 1. The predicted octanol–water partition coefficient (Wildman–Crippen LogP) is 1.79. The van der Waals surface area contributed by atoms with Gasteiger partial charge in [-0.2, -0.15) is 0 Å². The highest BCUT2D eigenvalue weighted by Crippen LogP contribution is 2.14. The highest BCUT2D eigenvalue weighted by Gasteiger charge is 2.06. The summed E-state index contributed by atoms with van der Waals surface area (Å²) in [6.45, 7) is 4.88. The first-order chi connectivity index (χ1) is 8.56. The Morgan fingerprint density at radius 2 is 2.17 bits per heavy atom. The average molecular weight is 245 g/mol. The van der Waals surface area contributed by atoms with Gasteiger partial charge in [0.1, 0.15) is 0 Å². The van der Waals surface area contributed by atoms with Crippen LogP contribution in [0.3, 0.4) is 0 Å². The fourth-order valence-electron chi connectivity index (χ4n) is 1.44. The molecule has 0 saturated heterocycles. The molecule has 1 aromatic carbocycles. The molecule has 0 aliphatic carbocycles. The van der Waals surface area contributed by atoms with Crippen molar-refractivity contribution in [2.75, 3.05) is 25.5 Å². The second kappa shape index (κ2) is 6.67. The van der Waals surface area contributed by atoms with E-state index in [4.69, 9.17) is 5.73 Å². The van der Waals surface area contributed by atoms with Crippen LogP contribution in [-0.2, 0) is 0 Å². The molecule has 0 atom stereocenters. The van der Waals surface area contributed by atoms with Gasteiger partial charge >= 0.3 is 6.03 Å². The number of hydrogen-bond acceptors (Lipinski definition) is 2. The maximum absolute atomic E-state index is 11.7. The molecule has 0 aliphatic heterocycles. The number of benzene rings is 1. The molecule has 1 aromatic rings. The molecule has 2 amide bonds. The van der Waals surface area contributed by atoms with Crippen molar-refractivity contribution in [2.45, 2.75) is 13.8 Å². The average Bonchev–Trinajstić information content (AvgIpc) is 2.34. The Balaban J connectivity index is 2.89. The summed E-state index contributed by atoms with van der Waals surface area (Å²) in [5.41, 5.74) is 8.00. The Hall–Kier alpha value is -1.99. The minimum absolute atomic E-state index is 0.124. The zero-order valence-corrected chi connectivity index (χ0v) is 11.1. The van der Waals surface area contributed by atoms with Crippen LogP contribution >= 0.6 is 0 Å². The first kappa shape index (κ1) is 14.1. The quantitative estimate of drug-likeness (QED) is 0.780. The molecule has 0 heterocycles. The van der Waals surface area contributed by atoms with Crippen molar-refractivity contribution in [3.63, 3.8) is 0 Å². The van der Waals surface area contributed by atoms with Crippen LogP contribution in [0.1, 0.15) is 18.1 Å². The van der Waals surface area contributed by atoms with Gasteiger partial charge < -0.3 is 16.0 Å². The van der Waals surface area contributed by atoms with Crippen molar-refractivity contribution in [1.82, 2.24) is 4.90 Å². The van der Waals surface area contributed by atoms with E-state index in [1.54, 1.807) is 11.9 Å². The number of amides is 2. The van der Waals surface area contributed by atoms with Crippen LogP contribution in [0.5, 0.6) is 0 Å². The molecule has 96 valence electrons. The highest BCUT2D eigenvalue weighted by atomic mass is 16.2. The minimum Gasteiger partial charge on any atom is -0.328 e. The lowest BCUT2D eigenvalue weighted by molar-refractivity contribution is 0.224. The van der Waals surface area contributed by atoms with Crippen molar-refractivity contribution in [1.29, 1.82) is 0 Å². The van der Waals surface area contributed by atoms with Crippen LogP contribution in [0.2, 0.25) is 0 Å². The lowest BCUT2D eigenvalue weighted by Crippen LogP contribution is -2.30. The summed E-state index contributed by atoms with van der Waals surface area (Å²) in [5, 5.41) is 2.84. The highest BCUT2D eigenvalue weighted by molar-refractivity contribution is 5.89. The van der Waals surface area contributed by atoms with Crippen molar-refractivity contribution in [2.24, 2.45) is 5.73 Å². The second-order valence-electron chi connectivity index (χ2n) is 4.04. The van der Waals surface area contributed by atoms with Gasteiger partial charge in [0.05, 0.1) is 6.54 Å². The largest absolute Gasteiger partial charge is 0.328 e. The smallest absolute Gasteiger partial charge is 0.321 e. The molecule has 3 N–H and O–H groups in total. The second-order valence-corrected chi connectivity index (χ2v) is 4.04. The van der Waals surface area contributed by atoms with Crippen molar-refractivity contribution in [3.8, 4) is 11.8 Å². The maximum atomic E-state index is 11.7. The number of urea groups is 1. The summed E-state index contributed by atoms with van der Waals surface area (Å²) in [5.74, 6) is 5.76. The Morgan fingerprint density at radius 3 is 2.78 bits per heavy atom. The van der Waals surface area contributed by atoms with E-state index in [0.717, 1.165) is 16.8 Å². The summed E-state index contributed by atoms with van der Waals surface area (Å²) < 4.78 is 0. The van der Waals surface area contributed by atoms with Crippen molar-refractivity contribution >= 4 is 11.7 Å². The molecule has 18 heavy (non-hydrogen) atoms. The fraction of sp³-hybridized carbons (Fsp3) is 0.357. The van der Waals surface area contributed by atoms with E-state index in [9.17, 15) is 4.79 Å². The van der Waals surface area contributed by atoms with Gasteiger partial charge in [0.2, 0.25) is 0 Å². The van der Waals surface area contributed by atoms with Gasteiger partial charge in [-0.25, -0.2) is 4.79 Å². The molecule has 0 saturated carbocycles. The number of hydrogen-bond donors (Lipinski definition) is 2. The molecule has 1 rings (SSSR count). The molecule has 0 fully saturated rings. The Kier molecular flexibility index (Phi) is 5.22. The molecule has 4 nitrogen and oxygen atoms in total. The topological polar surface area (TPSA) is 58.4 Å². The van der Waals surface area contributed by atoms with Crippen LogP contribution in [0, 0.1) is 18.8 Å². The first-order valence-corrected chi connectivity index (χ1v) is 5.89. The van der Waals surface area contributed by atoms with Gasteiger partial charge in [-0.15, -0.1) is 0 Å². The third kappa shape index (κ3) is 4.11. The van der Waals surface area contributed by atoms with Gasteiger partial charge in [-0.05, 0) is 37.6 Å². The number of nitrogens with one attached hydrogen (secondary N) is 1. The number of anilines is 1. The third-order valence-corrected chi connectivity index (χ3v) is 2.48. The summed E-state index contributed by atoms with van der Waals surface area (Å²) >= 11 is 0. The van der Waals surface area contributed by atoms with Crippen molar-refractivity contribution in [3.05, 3.63) is 29.3 Å². The van der Waals surface area contributed by atoms with Gasteiger partial charge in [-0.3, -0.25) is 0 Å². The third-order valence-electron chi connectivity index (χ3n) is 2.48. The van der Waals surface area contributed by atoms with Crippen LogP contribution in [-0.4, -0.2) is 31.1 Å². The van der Waals surface area contributed by atoms with Gasteiger partial charge in [0.25, 0.3) is 0 Å². The van der Waals surface area contributed by atoms with E-state index < -0.39 is 0 Å². The normalized spacial score (nSPS) is 9.33. The molecule has 0 aliphatic rings. The van der Waals surface area contributed by atoms with Gasteiger partial charge in [0.15, 0.2) is 0 Å².